The van der Waals surface area contributed by atoms with Gasteiger partial charge in [0.15, 0.2) is 0 Å². The smallest absolute Gasteiger partial charge is 0.116 e. The van der Waals surface area contributed by atoms with Crippen molar-refractivity contribution in [3.05, 3.63) is 54.5 Å². The van der Waals surface area contributed by atoms with E-state index in [0.717, 1.165) is 29.8 Å². The molecule has 1 aromatic carbocycles. The zero-order valence-electron chi connectivity index (χ0n) is 13.5. The average Bonchev–Trinajstić information content (AvgIpc) is 2.47. The summed E-state index contributed by atoms with van der Waals surface area (Å²) in [6.07, 6.45) is 3.77. The molecule has 21 heavy (non-hydrogen) atoms. The van der Waals surface area contributed by atoms with Crippen molar-refractivity contribution in [2.75, 3.05) is 0 Å². The summed E-state index contributed by atoms with van der Waals surface area (Å²) in [6, 6.07) is 10.5. The summed E-state index contributed by atoms with van der Waals surface area (Å²) in [5, 5.41) is 0. The van der Waals surface area contributed by atoms with Gasteiger partial charge in [-0.25, -0.2) is 9.97 Å². The fourth-order valence-electron chi connectivity index (χ4n) is 2.37. The average molecular weight is 280 g/mol. The van der Waals surface area contributed by atoms with E-state index in [1.165, 1.54) is 11.1 Å². The summed E-state index contributed by atoms with van der Waals surface area (Å²) < 4.78 is 0. The molecule has 0 aliphatic rings. The Morgan fingerprint density at radius 1 is 1.14 bits per heavy atom. The summed E-state index contributed by atoms with van der Waals surface area (Å²) in [4.78, 5) is 8.89. The molecule has 0 N–H and O–H groups in total. The second kappa shape index (κ2) is 6.21. The van der Waals surface area contributed by atoms with Crippen molar-refractivity contribution >= 4 is 5.57 Å². The van der Waals surface area contributed by atoms with E-state index in [1.54, 1.807) is 6.33 Å². The third-order valence-electron chi connectivity index (χ3n) is 3.57. The molecule has 2 aromatic rings. The van der Waals surface area contributed by atoms with Crippen molar-refractivity contribution in [2.45, 2.75) is 46.0 Å². The van der Waals surface area contributed by atoms with Crippen LogP contribution in [0, 0.1) is 0 Å². The van der Waals surface area contributed by atoms with Crippen molar-refractivity contribution < 1.29 is 0 Å². The standard InChI is InChI=1S/C19H24N2/c1-6-9-14(2)15-10-7-8-11-16(15)17-12-18(19(3,4)5)21-13-20-17/h7-8,10-13H,2,6,9H2,1,3-5H3. The molecule has 0 aliphatic carbocycles. The molecule has 1 heterocycles. The van der Waals surface area contributed by atoms with Gasteiger partial charge in [-0.3, -0.25) is 0 Å². The molecule has 0 bridgehead atoms. The van der Waals surface area contributed by atoms with Gasteiger partial charge in [0.1, 0.15) is 6.33 Å². The van der Waals surface area contributed by atoms with Gasteiger partial charge in [-0.2, -0.15) is 0 Å². The van der Waals surface area contributed by atoms with Gasteiger partial charge in [0.05, 0.1) is 5.69 Å². The van der Waals surface area contributed by atoms with Crippen LogP contribution in [0.4, 0.5) is 0 Å². The summed E-state index contributed by atoms with van der Waals surface area (Å²) in [5.74, 6) is 0. The fourth-order valence-corrected chi connectivity index (χ4v) is 2.37. The molecule has 1 aromatic heterocycles. The lowest BCUT2D eigenvalue weighted by atomic mass is 9.90. The number of aromatic nitrogens is 2. The van der Waals surface area contributed by atoms with Crippen LogP contribution in [-0.4, -0.2) is 9.97 Å². The van der Waals surface area contributed by atoms with Crippen molar-refractivity contribution in [3.8, 4) is 11.3 Å². The first-order chi connectivity index (χ1) is 9.93. The minimum absolute atomic E-state index is 0.0209. The number of nitrogens with zero attached hydrogens (tertiary/aromatic N) is 2. The normalized spacial score (nSPS) is 11.4. The first-order valence-corrected chi connectivity index (χ1v) is 7.53. The first kappa shape index (κ1) is 15.4. The molecule has 0 atom stereocenters. The van der Waals surface area contributed by atoms with E-state index in [2.05, 4.69) is 74.6 Å². The van der Waals surface area contributed by atoms with Gasteiger partial charge in [-0.15, -0.1) is 0 Å². The lowest BCUT2D eigenvalue weighted by molar-refractivity contribution is 0.567. The predicted molar refractivity (Wildman–Crippen MR) is 90.1 cm³/mol. The molecule has 0 aliphatic heterocycles. The Labute approximate surface area is 128 Å². The number of allylic oxidation sites excluding steroid dienone is 1. The Balaban J connectivity index is 2.50. The number of hydrogen-bond donors (Lipinski definition) is 0. The van der Waals surface area contributed by atoms with Crippen LogP contribution in [0.25, 0.3) is 16.8 Å². The zero-order valence-corrected chi connectivity index (χ0v) is 13.5. The highest BCUT2D eigenvalue weighted by Crippen LogP contribution is 2.30. The van der Waals surface area contributed by atoms with E-state index in [9.17, 15) is 0 Å². The summed E-state index contributed by atoms with van der Waals surface area (Å²) in [6.45, 7) is 12.9. The Morgan fingerprint density at radius 3 is 2.52 bits per heavy atom. The SMILES string of the molecule is C=C(CCC)c1ccccc1-c1cc(C(C)(C)C)ncn1. The van der Waals surface area contributed by atoms with Gasteiger partial charge >= 0.3 is 0 Å². The van der Waals surface area contributed by atoms with Crippen molar-refractivity contribution in [1.29, 1.82) is 0 Å². The number of hydrogen-bond acceptors (Lipinski definition) is 2. The van der Waals surface area contributed by atoms with E-state index in [1.807, 2.05) is 0 Å². The third-order valence-corrected chi connectivity index (χ3v) is 3.57. The minimum atomic E-state index is 0.0209. The summed E-state index contributed by atoms with van der Waals surface area (Å²) in [7, 11) is 0. The second-order valence-corrected chi connectivity index (χ2v) is 6.44. The second-order valence-electron chi connectivity index (χ2n) is 6.44. The van der Waals surface area contributed by atoms with E-state index in [-0.39, 0.29) is 5.41 Å². The zero-order chi connectivity index (χ0) is 15.5. The maximum atomic E-state index is 4.47. The van der Waals surface area contributed by atoms with Gasteiger partial charge in [-0.05, 0) is 23.6 Å². The molecule has 0 amide bonds. The molecule has 2 nitrogen and oxygen atoms in total. The molecule has 0 spiro atoms. The molecule has 0 fully saturated rings. The van der Waals surface area contributed by atoms with Crippen LogP contribution < -0.4 is 0 Å². The van der Waals surface area contributed by atoms with Crippen LogP contribution in [0.3, 0.4) is 0 Å². The maximum Gasteiger partial charge on any atom is 0.116 e. The molecular formula is C19H24N2. The van der Waals surface area contributed by atoms with Gasteiger partial charge in [0.2, 0.25) is 0 Å². The van der Waals surface area contributed by atoms with E-state index in [4.69, 9.17) is 0 Å². The van der Waals surface area contributed by atoms with E-state index in [0.29, 0.717) is 0 Å². The predicted octanol–water partition coefficient (Wildman–Crippen LogP) is 5.25. The third kappa shape index (κ3) is 3.57. The van der Waals surface area contributed by atoms with Gasteiger partial charge < -0.3 is 0 Å². The van der Waals surface area contributed by atoms with E-state index >= 15 is 0 Å². The largest absolute Gasteiger partial charge is 0.241 e. The molecule has 2 rings (SSSR count). The van der Waals surface area contributed by atoms with Crippen molar-refractivity contribution in [1.82, 2.24) is 9.97 Å². The van der Waals surface area contributed by atoms with Crippen LogP contribution in [0.5, 0.6) is 0 Å². The van der Waals surface area contributed by atoms with E-state index < -0.39 is 0 Å². The Morgan fingerprint density at radius 2 is 1.86 bits per heavy atom. The van der Waals surface area contributed by atoms with Gasteiger partial charge in [0, 0.05) is 16.7 Å². The van der Waals surface area contributed by atoms with Crippen molar-refractivity contribution in [2.24, 2.45) is 0 Å². The van der Waals surface area contributed by atoms with Crippen molar-refractivity contribution in [3.63, 3.8) is 0 Å². The maximum absolute atomic E-state index is 4.47. The molecule has 0 unspecified atom stereocenters. The number of benzene rings is 1. The summed E-state index contributed by atoms with van der Waals surface area (Å²) >= 11 is 0. The number of rotatable bonds is 4. The molecule has 110 valence electrons. The summed E-state index contributed by atoms with van der Waals surface area (Å²) in [5.41, 5.74) is 5.56. The lowest BCUT2D eigenvalue weighted by Crippen LogP contribution is -2.13. The lowest BCUT2D eigenvalue weighted by Gasteiger charge is -2.18. The molecule has 0 saturated heterocycles. The molecule has 0 saturated carbocycles. The van der Waals surface area contributed by atoms with Crippen LogP contribution >= 0.6 is 0 Å². The fraction of sp³-hybridized carbons (Fsp3) is 0.368. The Hall–Kier alpha value is -1.96. The molecule has 2 heteroatoms. The monoisotopic (exact) mass is 280 g/mol. The highest BCUT2D eigenvalue weighted by atomic mass is 14.8. The highest BCUT2D eigenvalue weighted by molar-refractivity contribution is 5.78. The Kier molecular flexibility index (Phi) is 4.56. The Bertz CT molecular complexity index is 636. The quantitative estimate of drug-likeness (QED) is 0.764. The van der Waals surface area contributed by atoms with Gasteiger partial charge in [0.25, 0.3) is 0 Å². The van der Waals surface area contributed by atoms with Crippen LogP contribution in [0.1, 0.15) is 51.8 Å². The topological polar surface area (TPSA) is 25.8 Å². The van der Waals surface area contributed by atoms with Gasteiger partial charge in [-0.1, -0.05) is 65.0 Å². The van der Waals surface area contributed by atoms with Crippen LogP contribution in [0.15, 0.2) is 43.2 Å². The molecular weight excluding hydrogens is 256 g/mol. The van der Waals surface area contributed by atoms with Crippen LogP contribution in [-0.2, 0) is 5.41 Å². The van der Waals surface area contributed by atoms with Crippen LogP contribution in [0.2, 0.25) is 0 Å². The highest BCUT2D eigenvalue weighted by Gasteiger charge is 2.17. The molecule has 0 radical (unpaired) electrons. The minimum Gasteiger partial charge on any atom is -0.241 e. The first-order valence-electron chi connectivity index (χ1n) is 7.53.